The van der Waals surface area contributed by atoms with Gasteiger partial charge in [-0.15, -0.1) is 0 Å². The molecule has 1 unspecified atom stereocenters. The first kappa shape index (κ1) is 14.8. The lowest BCUT2D eigenvalue weighted by atomic mass is 9.94. The van der Waals surface area contributed by atoms with Crippen molar-refractivity contribution in [2.45, 2.75) is 44.4 Å². The summed E-state index contributed by atoms with van der Waals surface area (Å²) in [5.41, 5.74) is 0. The highest BCUT2D eigenvalue weighted by molar-refractivity contribution is 5.74. The molecular weight excluding hydrogens is 244 g/mol. The lowest BCUT2D eigenvalue weighted by molar-refractivity contribution is -0.226. The van der Waals surface area contributed by atoms with Crippen molar-refractivity contribution >= 4 is 11.8 Å². The van der Waals surface area contributed by atoms with Crippen molar-refractivity contribution in [1.82, 2.24) is 10.6 Å². The molecular formula is C10H18N2O6. The fourth-order valence-electron chi connectivity index (χ4n) is 1.92. The smallest absolute Gasteiger partial charge is 0.217 e. The molecule has 1 aliphatic rings. The van der Waals surface area contributed by atoms with Crippen molar-refractivity contribution in [3.8, 4) is 0 Å². The molecule has 0 spiro atoms. The van der Waals surface area contributed by atoms with Crippen LogP contribution in [0, 0.1) is 0 Å². The zero-order valence-electron chi connectivity index (χ0n) is 10.2. The van der Waals surface area contributed by atoms with E-state index in [2.05, 4.69) is 10.6 Å². The molecule has 8 heteroatoms. The zero-order valence-corrected chi connectivity index (χ0v) is 10.2. The largest absolute Gasteiger partial charge is 0.394 e. The Labute approximate surface area is 104 Å². The van der Waals surface area contributed by atoms with Gasteiger partial charge in [0.05, 0.1) is 12.6 Å². The van der Waals surface area contributed by atoms with Crippen molar-refractivity contribution in [2.75, 3.05) is 6.61 Å². The van der Waals surface area contributed by atoms with Gasteiger partial charge in [-0.3, -0.25) is 9.59 Å². The van der Waals surface area contributed by atoms with E-state index in [1.165, 1.54) is 13.8 Å². The number of carbonyl (C=O) groups excluding carboxylic acids is 2. The van der Waals surface area contributed by atoms with Crippen LogP contribution in [-0.4, -0.2) is 64.3 Å². The van der Waals surface area contributed by atoms with Gasteiger partial charge in [0.15, 0.2) is 6.29 Å². The molecule has 5 N–H and O–H groups in total. The van der Waals surface area contributed by atoms with Crippen LogP contribution in [-0.2, 0) is 14.3 Å². The first-order chi connectivity index (χ1) is 8.36. The Balaban J connectivity index is 2.84. The number of ether oxygens (including phenoxy) is 1. The quantitative estimate of drug-likeness (QED) is 0.370. The van der Waals surface area contributed by atoms with Crippen LogP contribution in [0.5, 0.6) is 0 Å². The van der Waals surface area contributed by atoms with Crippen molar-refractivity contribution in [3.63, 3.8) is 0 Å². The van der Waals surface area contributed by atoms with Crippen LogP contribution in [0.1, 0.15) is 13.8 Å². The highest BCUT2D eigenvalue weighted by Crippen LogP contribution is 2.19. The molecule has 0 aromatic carbocycles. The lowest BCUT2D eigenvalue weighted by Crippen LogP contribution is -2.68. The monoisotopic (exact) mass is 262 g/mol. The van der Waals surface area contributed by atoms with Gasteiger partial charge < -0.3 is 30.7 Å². The van der Waals surface area contributed by atoms with Crippen LogP contribution in [0.15, 0.2) is 0 Å². The van der Waals surface area contributed by atoms with Gasteiger partial charge in [-0.05, 0) is 0 Å². The second-order valence-electron chi connectivity index (χ2n) is 4.19. The Morgan fingerprint density at radius 3 is 2.06 bits per heavy atom. The summed E-state index contributed by atoms with van der Waals surface area (Å²) in [4.78, 5) is 22.0. The summed E-state index contributed by atoms with van der Waals surface area (Å²) in [6.45, 7) is 2.00. The molecule has 18 heavy (non-hydrogen) atoms. The Kier molecular flexibility index (Phi) is 5.03. The molecule has 0 bridgehead atoms. The highest BCUT2D eigenvalue weighted by Gasteiger charge is 2.45. The second kappa shape index (κ2) is 6.10. The molecule has 1 rings (SSSR count). The van der Waals surface area contributed by atoms with Gasteiger partial charge in [0.1, 0.15) is 18.2 Å². The fourth-order valence-corrected chi connectivity index (χ4v) is 1.92. The van der Waals surface area contributed by atoms with Crippen LogP contribution in [0.2, 0.25) is 0 Å². The molecule has 1 heterocycles. The van der Waals surface area contributed by atoms with E-state index in [9.17, 15) is 19.8 Å². The van der Waals surface area contributed by atoms with Crippen LogP contribution >= 0.6 is 0 Å². The molecule has 0 saturated carbocycles. The Hall–Kier alpha value is -1.22. The van der Waals surface area contributed by atoms with E-state index in [1.54, 1.807) is 0 Å². The van der Waals surface area contributed by atoms with E-state index >= 15 is 0 Å². The Bertz CT molecular complexity index is 323. The number of aliphatic hydroxyl groups is 3. The molecule has 2 amide bonds. The van der Waals surface area contributed by atoms with Crippen molar-refractivity contribution in [3.05, 3.63) is 0 Å². The number of rotatable bonds is 3. The van der Waals surface area contributed by atoms with E-state index in [0.29, 0.717) is 0 Å². The van der Waals surface area contributed by atoms with Gasteiger partial charge in [0.2, 0.25) is 11.8 Å². The van der Waals surface area contributed by atoms with Gasteiger partial charge in [0.25, 0.3) is 0 Å². The maximum Gasteiger partial charge on any atom is 0.217 e. The van der Waals surface area contributed by atoms with E-state index in [-0.39, 0.29) is 0 Å². The molecule has 1 saturated heterocycles. The number of amides is 2. The summed E-state index contributed by atoms with van der Waals surface area (Å²) in [6, 6.07) is -1.98. The van der Waals surface area contributed by atoms with E-state index < -0.39 is 49.0 Å². The third-order valence-electron chi connectivity index (χ3n) is 2.68. The minimum absolute atomic E-state index is 0.418. The first-order valence-electron chi connectivity index (χ1n) is 5.53. The average Bonchev–Trinajstić information content (AvgIpc) is 2.27. The first-order valence-corrected chi connectivity index (χ1v) is 5.53. The molecule has 0 radical (unpaired) electrons. The highest BCUT2D eigenvalue weighted by atomic mass is 16.6. The van der Waals surface area contributed by atoms with Gasteiger partial charge in [-0.1, -0.05) is 0 Å². The maximum absolute atomic E-state index is 11.0. The summed E-state index contributed by atoms with van der Waals surface area (Å²) in [5.74, 6) is -0.871. The molecule has 5 atom stereocenters. The van der Waals surface area contributed by atoms with E-state index in [4.69, 9.17) is 9.84 Å². The molecule has 0 aliphatic carbocycles. The van der Waals surface area contributed by atoms with Crippen LogP contribution in [0.3, 0.4) is 0 Å². The predicted octanol–water partition coefficient (Wildman–Crippen LogP) is -2.93. The number of aliphatic hydroxyl groups excluding tert-OH is 3. The predicted molar refractivity (Wildman–Crippen MR) is 59.2 cm³/mol. The summed E-state index contributed by atoms with van der Waals surface area (Å²) < 4.78 is 5.05. The molecule has 104 valence electrons. The lowest BCUT2D eigenvalue weighted by Gasteiger charge is -2.42. The molecule has 1 fully saturated rings. The third-order valence-corrected chi connectivity index (χ3v) is 2.68. The third kappa shape index (κ3) is 3.39. The zero-order chi connectivity index (χ0) is 13.9. The minimum Gasteiger partial charge on any atom is -0.394 e. The Morgan fingerprint density at radius 1 is 1.11 bits per heavy atom. The minimum atomic E-state index is -1.45. The van der Waals surface area contributed by atoms with Gasteiger partial charge >= 0.3 is 0 Å². The van der Waals surface area contributed by atoms with Gasteiger partial charge in [-0.2, -0.15) is 0 Å². The maximum atomic E-state index is 11.0. The Morgan fingerprint density at radius 2 is 1.61 bits per heavy atom. The normalized spacial score (nSPS) is 35.9. The fraction of sp³-hybridized carbons (Fsp3) is 0.800. The summed E-state index contributed by atoms with van der Waals surface area (Å²) >= 11 is 0. The summed E-state index contributed by atoms with van der Waals surface area (Å²) in [6.07, 6.45) is -3.66. The topological polar surface area (TPSA) is 128 Å². The number of carbonyl (C=O) groups is 2. The van der Waals surface area contributed by atoms with Crippen molar-refractivity contribution < 1.29 is 29.6 Å². The van der Waals surface area contributed by atoms with Crippen molar-refractivity contribution in [1.29, 1.82) is 0 Å². The van der Waals surface area contributed by atoms with Crippen molar-refractivity contribution in [2.24, 2.45) is 0 Å². The number of hydrogen-bond donors (Lipinski definition) is 5. The SMILES string of the molecule is CC(=O)N[C@H]1[C@H](O)[C@H](NC(C)=O)C(O)O[C@@H]1CO. The average molecular weight is 262 g/mol. The summed E-state index contributed by atoms with van der Waals surface area (Å²) in [7, 11) is 0. The van der Waals surface area contributed by atoms with Crippen LogP contribution < -0.4 is 10.6 Å². The van der Waals surface area contributed by atoms with Gasteiger partial charge in [-0.25, -0.2) is 0 Å². The van der Waals surface area contributed by atoms with Crippen LogP contribution in [0.4, 0.5) is 0 Å². The van der Waals surface area contributed by atoms with E-state index in [0.717, 1.165) is 0 Å². The number of nitrogens with one attached hydrogen (secondary N) is 2. The molecule has 0 aromatic rings. The second-order valence-corrected chi connectivity index (χ2v) is 4.19. The number of hydrogen-bond acceptors (Lipinski definition) is 6. The molecule has 8 nitrogen and oxygen atoms in total. The standard InChI is InChI=1S/C10H18N2O6/c1-4(14)11-7-6(3-13)18-10(17)8(9(7)16)12-5(2)15/h6-10,13,16-17H,3H2,1-2H3,(H,11,14)(H,12,15)/t6-,7-,8+,9+,10?/m1/s1. The molecule has 0 aromatic heterocycles. The van der Waals surface area contributed by atoms with Gasteiger partial charge in [0, 0.05) is 13.8 Å². The van der Waals surface area contributed by atoms with E-state index in [1.807, 2.05) is 0 Å². The molecule has 1 aliphatic heterocycles. The summed E-state index contributed by atoms with van der Waals surface area (Å²) in [5, 5.41) is 33.5. The van der Waals surface area contributed by atoms with Crippen LogP contribution in [0.25, 0.3) is 0 Å².